The summed E-state index contributed by atoms with van der Waals surface area (Å²) >= 11 is 0. The Balaban J connectivity index is 1.57. The molecule has 0 aliphatic heterocycles. The minimum atomic E-state index is -0.110. The van der Waals surface area contributed by atoms with Gasteiger partial charge in [-0.1, -0.05) is 12.1 Å². The fourth-order valence-electron chi connectivity index (χ4n) is 2.89. The Kier molecular flexibility index (Phi) is 3.96. The van der Waals surface area contributed by atoms with Crippen molar-refractivity contribution < 1.29 is 4.79 Å². The van der Waals surface area contributed by atoms with E-state index in [0.29, 0.717) is 17.8 Å². The molecule has 1 aromatic carbocycles. The van der Waals surface area contributed by atoms with E-state index in [4.69, 9.17) is 0 Å². The first kappa shape index (κ1) is 16.0. The van der Waals surface area contributed by atoms with E-state index in [1.807, 2.05) is 49.6 Å². The number of rotatable bonds is 4. The lowest BCUT2D eigenvalue weighted by atomic mass is 10.2. The summed E-state index contributed by atoms with van der Waals surface area (Å²) in [5, 5.41) is 8.47. The maximum Gasteiger partial charge on any atom is 0.259 e. The summed E-state index contributed by atoms with van der Waals surface area (Å²) in [5.74, 6) is -0.110. The molecule has 3 aromatic heterocycles. The molecule has 7 heteroatoms. The summed E-state index contributed by atoms with van der Waals surface area (Å²) in [5.41, 5.74) is 4.03. The Morgan fingerprint density at radius 2 is 2.08 bits per heavy atom. The summed E-state index contributed by atoms with van der Waals surface area (Å²) in [4.78, 5) is 18.8. The number of aromatic nitrogens is 5. The molecule has 1 amide bonds. The van der Waals surface area contributed by atoms with Crippen molar-refractivity contribution in [3.8, 4) is 5.69 Å². The van der Waals surface area contributed by atoms with Crippen LogP contribution in [0, 0.1) is 6.92 Å². The topological polar surface area (TPSA) is 68.3 Å². The van der Waals surface area contributed by atoms with Gasteiger partial charge in [-0.25, -0.2) is 14.2 Å². The van der Waals surface area contributed by atoms with Crippen molar-refractivity contribution in [1.82, 2.24) is 29.3 Å². The molecule has 0 spiro atoms. The van der Waals surface area contributed by atoms with Crippen LogP contribution in [0.25, 0.3) is 11.3 Å². The van der Waals surface area contributed by atoms with Gasteiger partial charge in [-0.15, -0.1) is 0 Å². The Hall–Kier alpha value is -3.48. The molecule has 0 unspecified atom stereocenters. The highest BCUT2D eigenvalue weighted by atomic mass is 16.2. The lowest BCUT2D eigenvalue weighted by Crippen LogP contribution is -2.26. The lowest BCUT2D eigenvalue weighted by Gasteiger charge is -2.17. The molecule has 0 atom stereocenters. The third-order valence-corrected chi connectivity index (χ3v) is 4.16. The first-order valence-electron chi connectivity index (χ1n) is 8.26. The fourth-order valence-corrected chi connectivity index (χ4v) is 2.89. The minimum absolute atomic E-state index is 0.110. The quantitative estimate of drug-likeness (QED) is 0.569. The Morgan fingerprint density at radius 1 is 1.19 bits per heavy atom. The maximum atomic E-state index is 12.8. The molecule has 0 saturated carbocycles. The standard InChI is InChI=1S/C19H18N6O/c1-14-10-20-18-17(11-22-25(18)12-14)19(26)23(2)13-15-5-3-6-16(9-15)24-8-4-7-21-24/h3-12H,13H2,1-2H3. The van der Waals surface area contributed by atoms with Crippen LogP contribution in [0.1, 0.15) is 21.5 Å². The van der Waals surface area contributed by atoms with Crippen LogP contribution in [0.4, 0.5) is 0 Å². The first-order chi connectivity index (χ1) is 12.6. The van der Waals surface area contributed by atoms with Crippen molar-refractivity contribution >= 4 is 11.6 Å². The molecule has 0 aliphatic rings. The number of carbonyl (C=O) groups excluding carboxylic acids is 1. The predicted octanol–water partition coefficient (Wildman–Crippen LogP) is 2.50. The van der Waals surface area contributed by atoms with Crippen molar-refractivity contribution in [2.45, 2.75) is 13.5 Å². The highest BCUT2D eigenvalue weighted by Gasteiger charge is 2.18. The number of hydrogen-bond acceptors (Lipinski definition) is 4. The number of fused-ring (bicyclic) bond motifs is 1. The van der Waals surface area contributed by atoms with Crippen LogP contribution in [0.3, 0.4) is 0 Å². The molecule has 0 bridgehead atoms. The molecule has 0 aliphatic carbocycles. The lowest BCUT2D eigenvalue weighted by molar-refractivity contribution is 0.0787. The highest BCUT2D eigenvalue weighted by molar-refractivity contribution is 5.99. The minimum Gasteiger partial charge on any atom is -0.337 e. The van der Waals surface area contributed by atoms with Gasteiger partial charge < -0.3 is 4.90 Å². The van der Waals surface area contributed by atoms with Gasteiger partial charge in [0.1, 0.15) is 5.56 Å². The van der Waals surface area contributed by atoms with E-state index in [0.717, 1.165) is 16.8 Å². The van der Waals surface area contributed by atoms with Crippen molar-refractivity contribution in [2.75, 3.05) is 7.05 Å². The normalized spacial score (nSPS) is 11.0. The monoisotopic (exact) mass is 346 g/mol. The summed E-state index contributed by atoms with van der Waals surface area (Å²) in [6.45, 7) is 2.42. The Labute approximate surface area is 150 Å². The zero-order chi connectivity index (χ0) is 18.1. The third-order valence-electron chi connectivity index (χ3n) is 4.16. The van der Waals surface area contributed by atoms with Crippen molar-refractivity contribution in [3.63, 3.8) is 0 Å². The third kappa shape index (κ3) is 2.95. The molecule has 0 fully saturated rings. The molecule has 130 valence electrons. The number of nitrogens with zero attached hydrogens (tertiary/aromatic N) is 6. The maximum absolute atomic E-state index is 12.8. The Bertz CT molecular complexity index is 1070. The van der Waals surface area contributed by atoms with Crippen LogP contribution < -0.4 is 0 Å². The van der Waals surface area contributed by atoms with Crippen molar-refractivity contribution in [1.29, 1.82) is 0 Å². The molecular weight excluding hydrogens is 328 g/mol. The summed E-state index contributed by atoms with van der Waals surface area (Å²) in [6.07, 6.45) is 8.79. The van der Waals surface area contributed by atoms with E-state index in [2.05, 4.69) is 15.2 Å². The summed E-state index contributed by atoms with van der Waals surface area (Å²) < 4.78 is 3.43. The molecule has 3 heterocycles. The SMILES string of the molecule is Cc1cnc2c(C(=O)N(C)Cc3cccc(-n4cccn4)c3)cnn2c1. The summed E-state index contributed by atoms with van der Waals surface area (Å²) in [7, 11) is 1.78. The number of carbonyl (C=O) groups is 1. The number of hydrogen-bond donors (Lipinski definition) is 0. The highest BCUT2D eigenvalue weighted by Crippen LogP contribution is 2.15. The van der Waals surface area contributed by atoms with E-state index in [-0.39, 0.29) is 5.91 Å². The second kappa shape index (κ2) is 6.44. The van der Waals surface area contributed by atoms with Gasteiger partial charge >= 0.3 is 0 Å². The zero-order valence-electron chi connectivity index (χ0n) is 14.6. The molecule has 26 heavy (non-hydrogen) atoms. The molecule has 4 rings (SSSR count). The first-order valence-corrected chi connectivity index (χ1v) is 8.26. The molecular formula is C19H18N6O. The van der Waals surface area contributed by atoms with Gasteiger partial charge in [0.05, 0.1) is 11.9 Å². The molecule has 7 nitrogen and oxygen atoms in total. The molecule has 4 aromatic rings. The van der Waals surface area contributed by atoms with Crippen LogP contribution >= 0.6 is 0 Å². The largest absolute Gasteiger partial charge is 0.337 e. The zero-order valence-corrected chi connectivity index (χ0v) is 14.6. The predicted molar refractivity (Wildman–Crippen MR) is 97.1 cm³/mol. The average Bonchev–Trinajstić information content (AvgIpc) is 3.31. The van der Waals surface area contributed by atoms with Crippen molar-refractivity contribution in [3.05, 3.63) is 78.0 Å². The van der Waals surface area contributed by atoms with Crippen LogP contribution in [-0.4, -0.2) is 42.2 Å². The van der Waals surface area contributed by atoms with Gasteiger partial charge in [0.2, 0.25) is 0 Å². The van der Waals surface area contributed by atoms with Crippen LogP contribution in [0.5, 0.6) is 0 Å². The second-order valence-electron chi connectivity index (χ2n) is 6.24. The van der Waals surface area contributed by atoms with Gasteiger partial charge in [0.25, 0.3) is 5.91 Å². The number of aryl methyl sites for hydroxylation is 1. The van der Waals surface area contributed by atoms with Gasteiger partial charge in [0.15, 0.2) is 5.65 Å². The van der Waals surface area contributed by atoms with Crippen LogP contribution in [0.2, 0.25) is 0 Å². The average molecular weight is 346 g/mol. The van der Waals surface area contributed by atoms with Crippen LogP contribution in [-0.2, 0) is 6.54 Å². The van der Waals surface area contributed by atoms with Gasteiger partial charge in [-0.3, -0.25) is 4.79 Å². The van der Waals surface area contributed by atoms with E-state index >= 15 is 0 Å². The smallest absolute Gasteiger partial charge is 0.259 e. The van der Waals surface area contributed by atoms with E-state index in [1.54, 1.807) is 39.7 Å². The number of amides is 1. The van der Waals surface area contributed by atoms with E-state index in [1.165, 1.54) is 0 Å². The summed E-state index contributed by atoms with van der Waals surface area (Å²) in [6, 6.07) is 9.84. The molecule has 0 N–H and O–H groups in total. The van der Waals surface area contributed by atoms with E-state index in [9.17, 15) is 4.79 Å². The second-order valence-corrected chi connectivity index (χ2v) is 6.24. The fraction of sp³-hybridized carbons (Fsp3) is 0.158. The van der Waals surface area contributed by atoms with Crippen molar-refractivity contribution in [2.24, 2.45) is 0 Å². The van der Waals surface area contributed by atoms with Gasteiger partial charge in [-0.05, 0) is 36.2 Å². The van der Waals surface area contributed by atoms with Gasteiger partial charge in [0, 0.05) is 38.4 Å². The number of benzene rings is 1. The van der Waals surface area contributed by atoms with Crippen LogP contribution in [0.15, 0.2) is 61.3 Å². The molecule has 0 radical (unpaired) electrons. The van der Waals surface area contributed by atoms with Gasteiger partial charge in [-0.2, -0.15) is 10.2 Å². The Morgan fingerprint density at radius 3 is 2.88 bits per heavy atom. The van der Waals surface area contributed by atoms with E-state index < -0.39 is 0 Å². The molecule has 0 saturated heterocycles.